The van der Waals surface area contributed by atoms with E-state index in [-0.39, 0.29) is 43.4 Å². The number of anilines is 1. The predicted molar refractivity (Wildman–Crippen MR) is 181 cm³/mol. The van der Waals surface area contributed by atoms with E-state index in [9.17, 15) is 18.8 Å². The van der Waals surface area contributed by atoms with Crippen molar-refractivity contribution in [3.63, 3.8) is 0 Å². The lowest BCUT2D eigenvalue weighted by atomic mass is 9.90. The molecule has 2 fully saturated rings. The van der Waals surface area contributed by atoms with Gasteiger partial charge in [-0.15, -0.1) is 0 Å². The summed E-state index contributed by atoms with van der Waals surface area (Å²) in [4.78, 5) is 47.2. The van der Waals surface area contributed by atoms with Crippen molar-refractivity contribution in [2.24, 2.45) is 13.0 Å². The van der Waals surface area contributed by atoms with E-state index >= 15 is 0 Å². The van der Waals surface area contributed by atoms with Gasteiger partial charge in [-0.25, -0.2) is 19.2 Å². The highest BCUT2D eigenvalue weighted by Gasteiger charge is 2.32. The second kappa shape index (κ2) is 17.7. The summed E-state index contributed by atoms with van der Waals surface area (Å²) < 4.78 is 22.4. The Morgan fingerprint density at radius 2 is 1.78 bits per heavy atom. The molecule has 4 N–H and O–H groups in total. The van der Waals surface area contributed by atoms with Gasteiger partial charge in [0.1, 0.15) is 18.8 Å². The maximum Gasteiger partial charge on any atom is 0.410 e. The van der Waals surface area contributed by atoms with Gasteiger partial charge in [0.25, 0.3) is 0 Å². The molecule has 49 heavy (non-hydrogen) atoms. The minimum atomic E-state index is -0.890. The average molecular weight is 679 g/mol. The molecule has 5 rings (SSSR count). The number of hydrogen-bond donors (Lipinski definition) is 4. The predicted octanol–water partition coefficient (Wildman–Crippen LogP) is 4.29. The molecule has 0 atom stereocenters. The highest BCUT2D eigenvalue weighted by Crippen LogP contribution is 2.36. The van der Waals surface area contributed by atoms with Crippen LogP contribution in [0.25, 0.3) is 11.3 Å². The number of benzene rings is 1. The SMILES string of the molecule is Cn1ncc(-c2nc(NC3CCC(N(CC(=O)NCCCCCNCC(=O)O)C(=O)OCc4ccccc4)CC3)ncc2F)c1CC1CC1. The van der Waals surface area contributed by atoms with Gasteiger partial charge in [0.05, 0.1) is 18.9 Å². The average Bonchev–Trinajstić information content (AvgIpc) is 3.86. The first-order chi connectivity index (χ1) is 23.8. The van der Waals surface area contributed by atoms with Crippen molar-refractivity contribution in [3.8, 4) is 11.3 Å². The maximum atomic E-state index is 15.0. The third-order valence-corrected chi connectivity index (χ3v) is 9.09. The van der Waals surface area contributed by atoms with Crippen molar-refractivity contribution in [2.75, 3.05) is 31.5 Å². The van der Waals surface area contributed by atoms with Gasteiger partial charge in [-0.3, -0.25) is 19.2 Å². The third-order valence-electron chi connectivity index (χ3n) is 9.09. The zero-order valence-electron chi connectivity index (χ0n) is 28.1. The van der Waals surface area contributed by atoms with Crippen molar-refractivity contribution >= 4 is 23.9 Å². The summed E-state index contributed by atoms with van der Waals surface area (Å²) in [5.41, 5.74) is 2.76. The van der Waals surface area contributed by atoms with Gasteiger partial charge < -0.3 is 25.8 Å². The van der Waals surface area contributed by atoms with Crippen LogP contribution in [0.3, 0.4) is 0 Å². The molecule has 0 saturated heterocycles. The molecular weight excluding hydrogens is 631 g/mol. The zero-order chi connectivity index (χ0) is 34.6. The van der Waals surface area contributed by atoms with Gasteiger partial charge in [-0.05, 0) is 75.8 Å². The molecule has 0 bridgehead atoms. The van der Waals surface area contributed by atoms with Crippen molar-refractivity contribution in [1.29, 1.82) is 0 Å². The van der Waals surface area contributed by atoms with Crippen LogP contribution in [0.4, 0.5) is 15.1 Å². The number of amides is 2. The molecule has 14 heteroatoms. The van der Waals surface area contributed by atoms with E-state index in [0.717, 1.165) is 36.9 Å². The normalized spacial score (nSPS) is 17.3. The number of nitrogens with zero attached hydrogens (tertiary/aromatic N) is 5. The highest BCUT2D eigenvalue weighted by atomic mass is 19.1. The van der Waals surface area contributed by atoms with Crippen molar-refractivity contribution in [1.82, 2.24) is 35.3 Å². The number of hydrogen-bond acceptors (Lipinski definition) is 9. The Morgan fingerprint density at radius 1 is 1.02 bits per heavy atom. The number of carboxylic acids is 1. The van der Waals surface area contributed by atoms with E-state index in [1.807, 2.05) is 37.4 Å². The molecule has 264 valence electrons. The topological polar surface area (TPSA) is 164 Å². The number of aromatic nitrogens is 4. The summed E-state index contributed by atoms with van der Waals surface area (Å²) in [5.74, 6) is -0.686. The fourth-order valence-corrected chi connectivity index (χ4v) is 6.17. The monoisotopic (exact) mass is 678 g/mol. The Kier molecular flexibility index (Phi) is 12.9. The van der Waals surface area contributed by atoms with Crippen LogP contribution in [0.15, 0.2) is 42.7 Å². The first-order valence-corrected chi connectivity index (χ1v) is 17.2. The largest absolute Gasteiger partial charge is 0.480 e. The van der Waals surface area contributed by atoms with Gasteiger partial charge in [-0.1, -0.05) is 36.8 Å². The van der Waals surface area contributed by atoms with Crippen LogP contribution in [-0.2, 0) is 34.4 Å². The standard InChI is InChI=1S/C35H47FN8O5/c1-43-30(18-24-10-11-24)28(19-40-43)33-29(36)20-39-34(42-33)41-26-12-14-27(15-13-26)44(35(48)49-23-25-8-4-2-5-9-25)22-31(45)38-17-7-3-6-16-37-21-32(46)47/h2,4-5,8-9,19-20,24,26-27,37H,3,6-7,10-18,21-23H2,1H3,(H,38,45)(H,46,47)(H,39,41,42). The molecule has 0 spiro atoms. The summed E-state index contributed by atoms with van der Waals surface area (Å²) in [6.07, 6.45) is 10.6. The number of carbonyl (C=O) groups is 3. The van der Waals surface area contributed by atoms with E-state index in [1.54, 1.807) is 10.9 Å². The minimum Gasteiger partial charge on any atom is -0.480 e. The molecule has 2 amide bonds. The van der Waals surface area contributed by atoms with E-state index in [4.69, 9.17) is 9.84 Å². The lowest BCUT2D eigenvalue weighted by Gasteiger charge is -2.36. The summed E-state index contributed by atoms with van der Waals surface area (Å²) >= 11 is 0. The highest BCUT2D eigenvalue weighted by molar-refractivity contribution is 5.82. The van der Waals surface area contributed by atoms with E-state index in [2.05, 4.69) is 31.0 Å². The minimum absolute atomic E-state index is 0.00963. The fraction of sp³-hybridized carbons (Fsp3) is 0.543. The lowest BCUT2D eigenvalue weighted by molar-refractivity contribution is -0.136. The third kappa shape index (κ3) is 11.0. The van der Waals surface area contributed by atoms with E-state index in [1.165, 1.54) is 23.9 Å². The molecule has 0 unspecified atom stereocenters. The molecule has 2 saturated carbocycles. The molecule has 0 radical (unpaired) electrons. The second-order valence-corrected chi connectivity index (χ2v) is 13.0. The number of unbranched alkanes of at least 4 members (excludes halogenated alkanes) is 2. The Bertz CT molecular complexity index is 1540. The Morgan fingerprint density at radius 3 is 2.51 bits per heavy atom. The van der Waals surface area contributed by atoms with Crippen LogP contribution < -0.4 is 16.0 Å². The summed E-state index contributed by atoms with van der Waals surface area (Å²) in [7, 11) is 1.87. The number of rotatable bonds is 18. The summed E-state index contributed by atoms with van der Waals surface area (Å²) in [6.45, 7) is 0.976. The second-order valence-electron chi connectivity index (χ2n) is 13.0. The molecular formula is C35H47FN8O5. The van der Waals surface area contributed by atoms with Crippen molar-refractivity contribution in [2.45, 2.75) is 82.9 Å². The first-order valence-electron chi connectivity index (χ1n) is 17.2. The van der Waals surface area contributed by atoms with Gasteiger partial charge in [0.2, 0.25) is 11.9 Å². The van der Waals surface area contributed by atoms with Crippen LogP contribution in [0.1, 0.15) is 69.0 Å². The van der Waals surface area contributed by atoms with Gasteiger partial charge in [-0.2, -0.15) is 5.10 Å². The maximum absolute atomic E-state index is 15.0. The zero-order valence-corrected chi connectivity index (χ0v) is 28.1. The molecule has 13 nitrogen and oxygen atoms in total. The van der Waals surface area contributed by atoms with Crippen LogP contribution in [-0.4, -0.2) is 86.0 Å². The van der Waals surface area contributed by atoms with Gasteiger partial charge >= 0.3 is 12.1 Å². The Labute approximate surface area is 286 Å². The molecule has 2 aromatic heterocycles. The number of nitrogens with one attached hydrogen (secondary N) is 3. The number of halogens is 1. The molecule has 2 aliphatic rings. The Hall–Kier alpha value is -4.59. The number of carbonyl (C=O) groups excluding carboxylic acids is 2. The summed E-state index contributed by atoms with van der Waals surface area (Å²) in [6, 6.07) is 9.22. The van der Waals surface area contributed by atoms with Crippen LogP contribution in [0.2, 0.25) is 0 Å². The molecule has 2 aliphatic carbocycles. The lowest BCUT2D eigenvalue weighted by Crippen LogP contribution is -2.48. The molecule has 3 aromatic rings. The molecule has 0 aliphatic heterocycles. The molecule has 1 aromatic carbocycles. The number of carboxylic acid groups (broad SMARTS) is 1. The Balaban J connectivity index is 1.15. The van der Waals surface area contributed by atoms with E-state index < -0.39 is 17.9 Å². The van der Waals surface area contributed by atoms with Crippen LogP contribution in [0, 0.1) is 11.7 Å². The summed E-state index contributed by atoms with van der Waals surface area (Å²) in [5, 5.41) is 22.2. The number of ether oxygens (including phenoxy) is 1. The van der Waals surface area contributed by atoms with Crippen LogP contribution in [0.5, 0.6) is 0 Å². The first kappa shape index (κ1) is 35.7. The number of aryl methyl sites for hydroxylation is 1. The smallest absolute Gasteiger partial charge is 0.410 e. The number of aliphatic carboxylic acids is 1. The van der Waals surface area contributed by atoms with Gasteiger partial charge in [0, 0.05) is 36.9 Å². The van der Waals surface area contributed by atoms with Gasteiger partial charge in [0.15, 0.2) is 5.82 Å². The van der Waals surface area contributed by atoms with Crippen molar-refractivity contribution < 1.29 is 28.6 Å². The van der Waals surface area contributed by atoms with E-state index in [0.29, 0.717) is 56.2 Å². The fourth-order valence-electron chi connectivity index (χ4n) is 6.17. The quantitative estimate of drug-likeness (QED) is 0.143. The molecule has 2 heterocycles. The van der Waals surface area contributed by atoms with Crippen molar-refractivity contribution in [3.05, 3.63) is 59.8 Å². The van der Waals surface area contributed by atoms with Crippen LogP contribution >= 0.6 is 0 Å².